The van der Waals surface area contributed by atoms with Crippen LogP contribution in [0.1, 0.15) is 31.5 Å². The third-order valence-corrected chi connectivity index (χ3v) is 8.19. The number of carbonyl (C=O) groups is 1. The number of nitrogens with zero attached hydrogens (tertiary/aromatic N) is 5. The van der Waals surface area contributed by atoms with Gasteiger partial charge in [-0.1, -0.05) is 49.4 Å². The lowest BCUT2D eigenvalue weighted by Crippen LogP contribution is -2.46. The number of pyridine rings is 1. The summed E-state index contributed by atoms with van der Waals surface area (Å²) in [6, 6.07) is 18.1. The van der Waals surface area contributed by atoms with Gasteiger partial charge in [0.05, 0.1) is 16.4 Å². The summed E-state index contributed by atoms with van der Waals surface area (Å²) in [5.41, 5.74) is 3.15. The number of hydrogen-bond acceptors (Lipinski definition) is 5. The maximum Gasteiger partial charge on any atom is 0.321 e. The molecule has 0 spiro atoms. The van der Waals surface area contributed by atoms with Crippen LogP contribution >= 0.6 is 15.9 Å². The van der Waals surface area contributed by atoms with Gasteiger partial charge in [0.1, 0.15) is 6.17 Å². The number of anilines is 1. The van der Waals surface area contributed by atoms with Gasteiger partial charge in [0.2, 0.25) is 0 Å². The Morgan fingerprint density at radius 3 is 2.68 bits per heavy atom. The van der Waals surface area contributed by atoms with E-state index in [0.29, 0.717) is 25.6 Å². The third kappa shape index (κ3) is 4.83. The van der Waals surface area contributed by atoms with Crippen LogP contribution in [0.25, 0.3) is 10.8 Å². The van der Waals surface area contributed by atoms with E-state index in [1.54, 1.807) is 6.20 Å². The number of rotatable bonds is 5. The van der Waals surface area contributed by atoms with Crippen LogP contribution < -0.4 is 10.6 Å². The zero-order valence-electron chi connectivity index (χ0n) is 21.2. The maximum atomic E-state index is 13.2. The monoisotopic (exact) mass is 571 g/mol. The molecule has 0 radical (unpaired) electrons. The van der Waals surface area contributed by atoms with E-state index in [1.807, 2.05) is 58.4 Å². The Morgan fingerprint density at radius 2 is 1.87 bits per heavy atom. The van der Waals surface area contributed by atoms with Crippen molar-refractivity contribution in [3.8, 4) is 0 Å². The number of carbonyl (C=O) groups excluding carboxylic acids is 1. The predicted octanol–water partition coefficient (Wildman–Crippen LogP) is 6.15. The quantitative estimate of drug-likeness (QED) is 0.301. The minimum atomic E-state index is -0.0460. The number of halogens is 1. The van der Waals surface area contributed by atoms with E-state index in [1.165, 1.54) is 5.71 Å². The molecule has 2 aromatic carbocycles. The van der Waals surface area contributed by atoms with E-state index in [-0.39, 0.29) is 18.1 Å². The van der Waals surface area contributed by atoms with E-state index in [0.717, 1.165) is 45.2 Å². The number of benzene rings is 2. The van der Waals surface area contributed by atoms with Crippen LogP contribution in [0, 0.1) is 11.8 Å². The number of aliphatic imine (C=N–C) groups is 1. The number of likely N-dealkylation sites (tertiary alicyclic amines) is 1. The minimum absolute atomic E-state index is 0.0169. The van der Waals surface area contributed by atoms with Crippen LogP contribution in [0.15, 0.2) is 82.7 Å². The Morgan fingerprint density at radius 1 is 1.05 bits per heavy atom. The summed E-state index contributed by atoms with van der Waals surface area (Å²) in [5, 5.41) is 13.6. The second-order valence-electron chi connectivity index (χ2n) is 9.99. The van der Waals surface area contributed by atoms with Gasteiger partial charge in [0.15, 0.2) is 5.82 Å². The average Bonchev–Trinajstić information content (AvgIpc) is 3.33. The molecule has 2 amide bonds. The molecule has 2 unspecified atom stereocenters. The lowest BCUT2D eigenvalue weighted by Gasteiger charge is -2.38. The van der Waals surface area contributed by atoms with Crippen LogP contribution in [0.2, 0.25) is 0 Å². The second kappa shape index (κ2) is 10.7. The number of amides is 2. The summed E-state index contributed by atoms with van der Waals surface area (Å²) in [4.78, 5) is 24.4. The first-order chi connectivity index (χ1) is 18.6. The average molecular weight is 573 g/mol. The highest BCUT2D eigenvalue weighted by Gasteiger charge is 2.37. The number of fused-ring (bicyclic) bond motifs is 2. The van der Waals surface area contributed by atoms with E-state index < -0.39 is 0 Å². The third-order valence-electron chi connectivity index (χ3n) is 7.63. The molecule has 4 aromatic rings. The first kappa shape index (κ1) is 24.8. The van der Waals surface area contributed by atoms with Gasteiger partial charge >= 0.3 is 6.03 Å². The molecule has 2 aliphatic heterocycles. The highest BCUT2D eigenvalue weighted by atomic mass is 79.9. The zero-order valence-corrected chi connectivity index (χ0v) is 22.8. The summed E-state index contributed by atoms with van der Waals surface area (Å²) in [6.07, 6.45) is 7.23. The van der Waals surface area contributed by atoms with Gasteiger partial charge in [0, 0.05) is 55.0 Å². The second-order valence-corrected chi connectivity index (χ2v) is 10.8. The van der Waals surface area contributed by atoms with Crippen LogP contribution in [0.3, 0.4) is 0 Å². The molecule has 38 heavy (non-hydrogen) atoms. The molecule has 2 atom stereocenters. The van der Waals surface area contributed by atoms with Crippen molar-refractivity contribution in [2.24, 2.45) is 16.8 Å². The van der Waals surface area contributed by atoms with Crippen molar-refractivity contribution < 1.29 is 4.79 Å². The fourth-order valence-electron chi connectivity index (χ4n) is 5.60. The number of aromatic nitrogens is 3. The number of urea groups is 1. The van der Waals surface area contributed by atoms with Crippen LogP contribution in [0.5, 0.6) is 0 Å². The molecule has 2 N–H and O–H groups in total. The molecule has 8 nitrogen and oxygen atoms in total. The smallest absolute Gasteiger partial charge is 0.321 e. The zero-order chi connectivity index (χ0) is 26.1. The molecule has 0 bridgehead atoms. The minimum Gasteiger partial charge on any atom is -0.324 e. The number of piperidine rings is 1. The van der Waals surface area contributed by atoms with E-state index >= 15 is 0 Å². The van der Waals surface area contributed by atoms with Gasteiger partial charge in [-0.25, -0.2) is 14.5 Å². The van der Waals surface area contributed by atoms with Crippen LogP contribution in [-0.4, -0.2) is 44.5 Å². The molecule has 4 heterocycles. The van der Waals surface area contributed by atoms with Crippen molar-refractivity contribution in [2.45, 2.75) is 32.5 Å². The van der Waals surface area contributed by atoms with Crippen LogP contribution in [0.4, 0.5) is 16.3 Å². The van der Waals surface area contributed by atoms with E-state index in [9.17, 15) is 4.79 Å². The Kier molecular flexibility index (Phi) is 6.95. The lowest BCUT2D eigenvalue weighted by atomic mass is 9.83. The molecule has 194 valence electrons. The number of hydrogen-bond donors (Lipinski definition) is 2. The number of nitrogens with one attached hydrogen (secondary N) is 2. The van der Waals surface area contributed by atoms with Crippen molar-refractivity contribution in [2.75, 3.05) is 18.4 Å². The van der Waals surface area contributed by atoms with E-state index in [4.69, 9.17) is 4.99 Å². The van der Waals surface area contributed by atoms with Gasteiger partial charge in [-0.3, -0.25) is 10.3 Å². The van der Waals surface area contributed by atoms with Gasteiger partial charge < -0.3 is 10.2 Å². The molecule has 6 rings (SSSR count). The first-order valence-electron chi connectivity index (χ1n) is 13.1. The molecular formula is C29H30BrN7O. The van der Waals surface area contributed by atoms with Crippen molar-refractivity contribution in [1.82, 2.24) is 25.0 Å². The molecular weight excluding hydrogens is 542 g/mol. The van der Waals surface area contributed by atoms with Gasteiger partial charge in [-0.15, -0.1) is 0 Å². The summed E-state index contributed by atoms with van der Waals surface area (Å²) >= 11 is 3.63. The Labute approximate surface area is 230 Å². The SMILES string of the molecule is CC1C(C2CCN(C(=O)Nc3cccc4ccccc34)CC2)=Nc2c(Br)cnn2C1NCc1cccnc1. The van der Waals surface area contributed by atoms with Gasteiger partial charge in [-0.2, -0.15) is 5.10 Å². The molecule has 0 aliphatic carbocycles. The molecule has 2 aromatic heterocycles. The van der Waals surface area contributed by atoms with Crippen molar-refractivity contribution in [1.29, 1.82) is 0 Å². The first-order valence-corrected chi connectivity index (χ1v) is 13.9. The standard InChI is InChI=1S/C29H30BrN7O/c1-19-26(35-28-24(30)18-33-37(28)27(19)32-17-20-6-5-13-31-16-20)22-11-14-36(15-12-22)29(38)34-25-10-4-8-21-7-2-3-9-23(21)25/h2-10,13,16,18-19,22,27,32H,11-12,14-15,17H2,1H3,(H,34,38). The highest BCUT2D eigenvalue weighted by molar-refractivity contribution is 9.10. The normalized spacial score (nSPS) is 19.7. The van der Waals surface area contributed by atoms with Crippen LogP contribution in [-0.2, 0) is 6.54 Å². The molecule has 2 aliphatic rings. The summed E-state index contributed by atoms with van der Waals surface area (Å²) < 4.78 is 2.86. The Hall–Kier alpha value is -3.56. The summed E-state index contributed by atoms with van der Waals surface area (Å²) in [6.45, 7) is 4.31. The van der Waals surface area contributed by atoms with Crippen molar-refractivity contribution in [3.63, 3.8) is 0 Å². The fraction of sp³-hybridized carbons (Fsp3) is 0.310. The topological polar surface area (TPSA) is 87.4 Å². The molecule has 1 fully saturated rings. The summed E-state index contributed by atoms with van der Waals surface area (Å²) in [7, 11) is 0. The Bertz CT molecular complexity index is 1470. The molecule has 9 heteroatoms. The fourth-order valence-corrected chi connectivity index (χ4v) is 5.96. The van der Waals surface area contributed by atoms with E-state index in [2.05, 4.69) is 61.8 Å². The largest absolute Gasteiger partial charge is 0.324 e. The lowest BCUT2D eigenvalue weighted by molar-refractivity contribution is 0.191. The maximum absolute atomic E-state index is 13.2. The van der Waals surface area contributed by atoms with Crippen molar-refractivity contribution in [3.05, 3.63) is 83.2 Å². The summed E-state index contributed by atoms with van der Waals surface area (Å²) in [5.74, 6) is 1.31. The van der Waals surface area contributed by atoms with Gasteiger partial charge in [0.25, 0.3) is 0 Å². The molecule has 0 saturated carbocycles. The highest BCUT2D eigenvalue weighted by Crippen LogP contribution is 2.38. The molecule has 1 saturated heterocycles. The predicted molar refractivity (Wildman–Crippen MR) is 154 cm³/mol. The van der Waals surface area contributed by atoms with Crippen molar-refractivity contribution >= 4 is 50.0 Å². The van der Waals surface area contributed by atoms with Gasteiger partial charge in [-0.05, 0) is 51.9 Å². The Balaban J connectivity index is 1.14.